The summed E-state index contributed by atoms with van der Waals surface area (Å²) in [5.41, 5.74) is 9.13. The van der Waals surface area contributed by atoms with Crippen molar-refractivity contribution in [3.8, 4) is 5.69 Å². The number of rotatable bonds is 2. The summed E-state index contributed by atoms with van der Waals surface area (Å²) in [5.74, 6) is 0. The molecular formula is C12H15N3. The number of benzene rings is 1. The molecule has 0 bridgehead atoms. The highest BCUT2D eigenvalue weighted by atomic mass is 15.3. The van der Waals surface area contributed by atoms with Crippen molar-refractivity contribution in [2.24, 2.45) is 5.73 Å². The summed E-state index contributed by atoms with van der Waals surface area (Å²) >= 11 is 0. The highest BCUT2D eigenvalue weighted by Gasteiger charge is 2.10. The van der Waals surface area contributed by atoms with Crippen molar-refractivity contribution in [1.82, 2.24) is 9.78 Å². The Morgan fingerprint density at radius 1 is 1.27 bits per heavy atom. The fourth-order valence-electron chi connectivity index (χ4n) is 1.70. The van der Waals surface area contributed by atoms with Gasteiger partial charge in [-0.2, -0.15) is 5.10 Å². The van der Waals surface area contributed by atoms with Crippen molar-refractivity contribution in [2.45, 2.75) is 19.9 Å². The second-order valence-corrected chi connectivity index (χ2v) is 3.72. The van der Waals surface area contributed by atoms with Crippen LogP contribution in [0.25, 0.3) is 5.69 Å². The molecule has 3 nitrogen and oxygen atoms in total. The molecule has 1 heterocycles. The minimum atomic E-state index is 0.0301. The first-order chi connectivity index (χ1) is 7.20. The third kappa shape index (κ3) is 1.78. The van der Waals surface area contributed by atoms with Gasteiger partial charge in [0.1, 0.15) is 0 Å². The molecule has 0 amide bonds. The predicted molar refractivity (Wildman–Crippen MR) is 60.9 cm³/mol. The van der Waals surface area contributed by atoms with Crippen molar-refractivity contribution in [3.63, 3.8) is 0 Å². The molecule has 0 saturated heterocycles. The van der Waals surface area contributed by atoms with Crippen molar-refractivity contribution in [1.29, 1.82) is 0 Å². The normalized spacial score (nSPS) is 12.7. The van der Waals surface area contributed by atoms with Crippen LogP contribution < -0.4 is 5.73 Å². The van der Waals surface area contributed by atoms with Gasteiger partial charge in [-0.05, 0) is 26.0 Å². The van der Waals surface area contributed by atoms with Gasteiger partial charge in [0.25, 0.3) is 0 Å². The van der Waals surface area contributed by atoms with Crippen LogP contribution in [0.2, 0.25) is 0 Å². The smallest absolute Gasteiger partial charge is 0.0648 e. The molecule has 0 saturated carbocycles. The molecule has 15 heavy (non-hydrogen) atoms. The highest BCUT2D eigenvalue weighted by Crippen LogP contribution is 2.17. The number of nitrogens with zero attached hydrogens (tertiary/aromatic N) is 2. The molecule has 1 unspecified atom stereocenters. The molecule has 2 N–H and O–H groups in total. The van der Waals surface area contributed by atoms with Gasteiger partial charge in [0, 0.05) is 17.3 Å². The number of para-hydroxylation sites is 1. The first-order valence-corrected chi connectivity index (χ1v) is 5.05. The summed E-state index contributed by atoms with van der Waals surface area (Å²) in [6, 6.07) is 10.1. The molecule has 1 aromatic carbocycles. The maximum Gasteiger partial charge on any atom is 0.0648 e. The molecule has 0 spiro atoms. The molecule has 2 rings (SSSR count). The first-order valence-electron chi connectivity index (χ1n) is 5.05. The van der Waals surface area contributed by atoms with E-state index in [-0.39, 0.29) is 6.04 Å². The van der Waals surface area contributed by atoms with Gasteiger partial charge in [0.2, 0.25) is 0 Å². The third-order valence-corrected chi connectivity index (χ3v) is 2.54. The van der Waals surface area contributed by atoms with Crippen molar-refractivity contribution >= 4 is 0 Å². The largest absolute Gasteiger partial charge is 0.324 e. The maximum atomic E-state index is 5.85. The second kappa shape index (κ2) is 3.87. The zero-order valence-corrected chi connectivity index (χ0v) is 9.01. The van der Waals surface area contributed by atoms with E-state index in [1.54, 1.807) is 0 Å². The van der Waals surface area contributed by atoms with E-state index in [9.17, 15) is 0 Å². The minimum absolute atomic E-state index is 0.0301. The molecule has 3 heteroatoms. The second-order valence-electron chi connectivity index (χ2n) is 3.72. The van der Waals surface area contributed by atoms with E-state index in [0.29, 0.717) is 0 Å². The summed E-state index contributed by atoms with van der Waals surface area (Å²) in [6.45, 7) is 4.01. The summed E-state index contributed by atoms with van der Waals surface area (Å²) in [4.78, 5) is 0. The van der Waals surface area contributed by atoms with Crippen molar-refractivity contribution in [3.05, 3.63) is 47.8 Å². The third-order valence-electron chi connectivity index (χ3n) is 2.54. The van der Waals surface area contributed by atoms with Crippen LogP contribution in [0.4, 0.5) is 0 Å². The molecule has 0 fully saturated rings. The van der Waals surface area contributed by atoms with Crippen LogP contribution in [0.15, 0.2) is 36.5 Å². The van der Waals surface area contributed by atoms with Crippen molar-refractivity contribution < 1.29 is 0 Å². The number of hydrogen-bond acceptors (Lipinski definition) is 2. The lowest BCUT2D eigenvalue weighted by Crippen LogP contribution is -2.06. The van der Waals surface area contributed by atoms with Crippen molar-refractivity contribution in [2.75, 3.05) is 0 Å². The van der Waals surface area contributed by atoms with E-state index < -0.39 is 0 Å². The summed E-state index contributed by atoms with van der Waals surface area (Å²) < 4.78 is 1.92. The average molecular weight is 201 g/mol. The number of nitrogens with two attached hydrogens (primary N) is 1. The molecule has 0 aliphatic heterocycles. The molecule has 78 valence electrons. The lowest BCUT2D eigenvalue weighted by molar-refractivity contribution is 0.797. The first kappa shape index (κ1) is 9.93. The molecule has 0 radical (unpaired) electrons. The van der Waals surface area contributed by atoms with Crippen LogP contribution in [-0.4, -0.2) is 9.78 Å². The molecular weight excluding hydrogens is 186 g/mol. The Morgan fingerprint density at radius 3 is 2.47 bits per heavy atom. The molecule has 2 aromatic rings. The van der Waals surface area contributed by atoms with Gasteiger partial charge in [-0.25, -0.2) is 4.68 Å². The highest BCUT2D eigenvalue weighted by molar-refractivity contribution is 5.35. The summed E-state index contributed by atoms with van der Waals surface area (Å²) in [5, 5.41) is 4.34. The molecule has 0 aliphatic carbocycles. The van der Waals surface area contributed by atoms with Gasteiger partial charge < -0.3 is 5.73 Å². The quantitative estimate of drug-likeness (QED) is 0.809. The van der Waals surface area contributed by atoms with Gasteiger partial charge in [-0.3, -0.25) is 0 Å². The van der Waals surface area contributed by atoms with E-state index in [0.717, 1.165) is 16.9 Å². The van der Waals surface area contributed by atoms with Crippen LogP contribution in [0.3, 0.4) is 0 Å². The summed E-state index contributed by atoms with van der Waals surface area (Å²) in [6.07, 6.45) is 1.84. The van der Waals surface area contributed by atoms with E-state index in [4.69, 9.17) is 5.73 Å². The Hall–Kier alpha value is -1.61. The fourth-order valence-corrected chi connectivity index (χ4v) is 1.70. The number of aromatic nitrogens is 2. The minimum Gasteiger partial charge on any atom is -0.324 e. The lowest BCUT2D eigenvalue weighted by atomic mass is 10.1. The zero-order chi connectivity index (χ0) is 10.8. The Morgan fingerprint density at radius 2 is 1.93 bits per heavy atom. The topological polar surface area (TPSA) is 43.8 Å². The maximum absolute atomic E-state index is 5.85. The van der Waals surface area contributed by atoms with Gasteiger partial charge in [0.15, 0.2) is 0 Å². The van der Waals surface area contributed by atoms with Crippen LogP contribution >= 0.6 is 0 Å². The van der Waals surface area contributed by atoms with Crippen LogP contribution in [0, 0.1) is 6.92 Å². The van der Waals surface area contributed by atoms with Gasteiger partial charge in [-0.1, -0.05) is 18.2 Å². The summed E-state index contributed by atoms with van der Waals surface area (Å²) in [7, 11) is 0. The standard InChI is InChI=1S/C12H15N3/c1-9(13)12-8-14-15(10(12)2)11-6-4-3-5-7-11/h3-9H,13H2,1-2H3. The Labute approximate surface area is 89.5 Å². The molecule has 1 aromatic heterocycles. The average Bonchev–Trinajstić information content (AvgIpc) is 2.61. The van der Waals surface area contributed by atoms with E-state index >= 15 is 0 Å². The zero-order valence-electron chi connectivity index (χ0n) is 9.01. The Bertz CT molecular complexity index is 443. The molecule has 1 atom stereocenters. The Kier molecular flexibility index (Phi) is 2.56. The Balaban J connectivity index is 2.47. The predicted octanol–water partition coefficient (Wildman–Crippen LogP) is 2.20. The van der Waals surface area contributed by atoms with E-state index in [2.05, 4.69) is 5.10 Å². The fraction of sp³-hybridized carbons (Fsp3) is 0.250. The SMILES string of the molecule is Cc1c(C(C)N)cnn1-c1ccccc1. The van der Waals surface area contributed by atoms with Crippen LogP contribution in [0.5, 0.6) is 0 Å². The van der Waals surface area contributed by atoms with Gasteiger partial charge in [0.05, 0.1) is 11.9 Å². The van der Waals surface area contributed by atoms with E-state index in [1.807, 2.05) is 55.1 Å². The van der Waals surface area contributed by atoms with Crippen LogP contribution in [-0.2, 0) is 0 Å². The lowest BCUT2D eigenvalue weighted by Gasteiger charge is -2.06. The number of hydrogen-bond donors (Lipinski definition) is 1. The van der Waals surface area contributed by atoms with E-state index in [1.165, 1.54) is 0 Å². The monoisotopic (exact) mass is 201 g/mol. The van der Waals surface area contributed by atoms with Gasteiger partial charge >= 0.3 is 0 Å². The van der Waals surface area contributed by atoms with Gasteiger partial charge in [-0.15, -0.1) is 0 Å². The molecule has 0 aliphatic rings. The van der Waals surface area contributed by atoms with Crippen LogP contribution in [0.1, 0.15) is 24.2 Å².